The predicted molar refractivity (Wildman–Crippen MR) is 59.1 cm³/mol. The van der Waals surface area contributed by atoms with Gasteiger partial charge in [0.2, 0.25) is 0 Å². The van der Waals surface area contributed by atoms with Gasteiger partial charge >= 0.3 is 5.97 Å². The summed E-state index contributed by atoms with van der Waals surface area (Å²) in [7, 11) is 0. The van der Waals surface area contributed by atoms with Crippen molar-refractivity contribution in [3.63, 3.8) is 0 Å². The van der Waals surface area contributed by atoms with Crippen LogP contribution >= 0.6 is 0 Å². The van der Waals surface area contributed by atoms with Gasteiger partial charge in [-0.2, -0.15) is 0 Å². The number of rotatable bonds is 7. The third-order valence-electron chi connectivity index (χ3n) is 2.38. The largest absolute Gasteiger partial charge is 0.466 e. The minimum Gasteiger partial charge on any atom is -0.466 e. The number of carbonyl (C=O) groups excluding carboxylic acids is 1. The molecule has 0 radical (unpaired) electrons. The number of hydrogen-bond donors (Lipinski definition) is 0. The smallest absolute Gasteiger partial charge is 0.306 e. The normalized spacial score (nSPS) is 12.9. The van der Waals surface area contributed by atoms with Gasteiger partial charge in [-0.3, -0.25) is 4.79 Å². The number of carbonyl (C=O) groups is 1. The summed E-state index contributed by atoms with van der Waals surface area (Å²) in [5.41, 5.74) is 0. The summed E-state index contributed by atoms with van der Waals surface area (Å²) in [6.45, 7) is 9.07. The zero-order valence-corrected chi connectivity index (χ0v) is 10.0. The second-order valence-corrected chi connectivity index (χ2v) is 4.47. The van der Waals surface area contributed by atoms with Crippen LogP contribution in [0.5, 0.6) is 0 Å². The van der Waals surface area contributed by atoms with Gasteiger partial charge in [0.25, 0.3) is 0 Å². The van der Waals surface area contributed by atoms with E-state index < -0.39 is 0 Å². The van der Waals surface area contributed by atoms with Crippen LogP contribution < -0.4 is 0 Å². The molecule has 0 rings (SSSR count). The van der Waals surface area contributed by atoms with Crippen LogP contribution in [0.1, 0.15) is 53.4 Å². The molecule has 2 heteroatoms. The van der Waals surface area contributed by atoms with Crippen molar-refractivity contribution in [1.82, 2.24) is 0 Å². The van der Waals surface area contributed by atoms with E-state index in [1.807, 2.05) is 13.8 Å². The fraction of sp³-hybridized carbons (Fsp3) is 0.917. The fourth-order valence-corrected chi connectivity index (χ4v) is 1.21. The van der Waals surface area contributed by atoms with Crippen LogP contribution in [0.15, 0.2) is 0 Å². The summed E-state index contributed by atoms with van der Waals surface area (Å²) in [5.74, 6) is 1.10. The molecule has 0 aromatic rings. The highest BCUT2D eigenvalue weighted by Gasteiger charge is 2.05. The minimum atomic E-state index is -0.0517. The van der Waals surface area contributed by atoms with E-state index in [0.29, 0.717) is 18.9 Å². The van der Waals surface area contributed by atoms with Crippen LogP contribution in [0.2, 0.25) is 0 Å². The summed E-state index contributed by atoms with van der Waals surface area (Å²) in [6.07, 6.45) is 3.91. The average molecular weight is 200 g/mol. The van der Waals surface area contributed by atoms with E-state index in [-0.39, 0.29) is 5.97 Å². The maximum absolute atomic E-state index is 11.1. The topological polar surface area (TPSA) is 26.3 Å². The van der Waals surface area contributed by atoms with Crippen molar-refractivity contribution in [3.05, 3.63) is 0 Å². The molecule has 1 unspecified atom stereocenters. The highest BCUT2D eigenvalue weighted by Crippen LogP contribution is 2.09. The zero-order chi connectivity index (χ0) is 11.0. The summed E-state index contributed by atoms with van der Waals surface area (Å²) < 4.78 is 5.11. The highest BCUT2D eigenvalue weighted by atomic mass is 16.5. The van der Waals surface area contributed by atoms with Gasteiger partial charge in [0.15, 0.2) is 0 Å². The van der Waals surface area contributed by atoms with E-state index in [1.54, 1.807) is 0 Å². The lowest BCUT2D eigenvalue weighted by Crippen LogP contribution is -2.09. The first-order chi connectivity index (χ1) is 6.56. The monoisotopic (exact) mass is 200 g/mol. The fourth-order valence-electron chi connectivity index (χ4n) is 1.21. The standard InChI is InChI=1S/C12H24O2/c1-5-11(4)7-6-8-14-12(13)9-10(2)3/h10-11H,5-9H2,1-4H3. The molecule has 2 nitrogen and oxygen atoms in total. The molecule has 14 heavy (non-hydrogen) atoms. The molecule has 0 fully saturated rings. The quantitative estimate of drug-likeness (QED) is 0.465. The van der Waals surface area contributed by atoms with Crippen LogP contribution in [0.4, 0.5) is 0 Å². The van der Waals surface area contributed by atoms with Crippen molar-refractivity contribution in [2.24, 2.45) is 11.8 Å². The average Bonchev–Trinajstić information content (AvgIpc) is 2.10. The van der Waals surface area contributed by atoms with Crippen molar-refractivity contribution in [2.75, 3.05) is 6.61 Å². The van der Waals surface area contributed by atoms with E-state index in [4.69, 9.17) is 4.74 Å². The predicted octanol–water partition coefficient (Wildman–Crippen LogP) is 3.40. The molecule has 0 aliphatic carbocycles. The van der Waals surface area contributed by atoms with E-state index in [0.717, 1.165) is 18.8 Å². The Labute approximate surface area is 88.0 Å². The Hall–Kier alpha value is -0.530. The third kappa shape index (κ3) is 8.09. The third-order valence-corrected chi connectivity index (χ3v) is 2.38. The number of hydrogen-bond acceptors (Lipinski definition) is 2. The maximum atomic E-state index is 11.1. The first-order valence-corrected chi connectivity index (χ1v) is 5.71. The van der Waals surface area contributed by atoms with Gasteiger partial charge in [-0.15, -0.1) is 0 Å². The number of ether oxygens (including phenoxy) is 1. The van der Waals surface area contributed by atoms with E-state index in [9.17, 15) is 4.79 Å². The van der Waals surface area contributed by atoms with Crippen molar-refractivity contribution in [3.8, 4) is 0 Å². The lowest BCUT2D eigenvalue weighted by Gasteiger charge is -2.09. The second-order valence-electron chi connectivity index (χ2n) is 4.47. The number of esters is 1. The molecular weight excluding hydrogens is 176 g/mol. The summed E-state index contributed by atoms with van der Waals surface area (Å²) in [4.78, 5) is 11.1. The Morgan fingerprint density at radius 1 is 1.29 bits per heavy atom. The van der Waals surface area contributed by atoms with Crippen molar-refractivity contribution in [2.45, 2.75) is 53.4 Å². The Balaban J connectivity index is 3.31. The summed E-state index contributed by atoms with van der Waals surface area (Å²) in [6, 6.07) is 0. The van der Waals surface area contributed by atoms with Crippen LogP contribution in [-0.2, 0) is 9.53 Å². The first kappa shape index (κ1) is 13.5. The van der Waals surface area contributed by atoms with Crippen LogP contribution in [-0.4, -0.2) is 12.6 Å². The van der Waals surface area contributed by atoms with Gasteiger partial charge in [0, 0.05) is 6.42 Å². The molecule has 0 saturated heterocycles. The van der Waals surface area contributed by atoms with Gasteiger partial charge in [0.05, 0.1) is 6.61 Å². The van der Waals surface area contributed by atoms with Crippen molar-refractivity contribution >= 4 is 5.97 Å². The molecule has 0 heterocycles. The maximum Gasteiger partial charge on any atom is 0.306 e. The van der Waals surface area contributed by atoms with Crippen LogP contribution in [0.3, 0.4) is 0 Å². The van der Waals surface area contributed by atoms with Crippen LogP contribution in [0, 0.1) is 11.8 Å². The molecule has 0 aromatic carbocycles. The van der Waals surface area contributed by atoms with E-state index in [2.05, 4.69) is 13.8 Å². The molecule has 0 saturated carbocycles. The lowest BCUT2D eigenvalue weighted by molar-refractivity contribution is -0.144. The lowest BCUT2D eigenvalue weighted by atomic mass is 10.0. The van der Waals surface area contributed by atoms with Crippen molar-refractivity contribution in [1.29, 1.82) is 0 Å². The zero-order valence-electron chi connectivity index (χ0n) is 10.0. The highest BCUT2D eigenvalue weighted by molar-refractivity contribution is 5.69. The molecule has 0 aliphatic rings. The Morgan fingerprint density at radius 2 is 1.93 bits per heavy atom. The van der Waals surface area contributed by atoms with Crippen LogP contribution in [0.25, 0.3) is 0 Å². The molecule has 0 bridgehead atoms. The van der Waals surface area contributed by atoms with Gasteiger partial charge in [-0.25, -0.2) is 0 Å². The molecule has 0 spiro atoms. The Morgan fingerprint density at radius 3 is 2.43 bits per heavy atom. The molecule has 1 atom stereocenters. The van der Waals surface area contributed by atoms with Gasteiger partial charge in [-0.05, 0) is 24.7 Å². The Kier molecular flexibility index (Phi) is 7.54. The molecule has 0 N–H and O–H groups in total. The minimum absolute atomic E-state index is 0.0517. The van der Waals surface area contributed by atoms with Gasteiger partial charge in [0.1, 0.15) is 0 Å². The molecule has 0 aliphatic heterocycles. The molecule has 84 valence electrons. The summed E-state index contributed by atoms with van der Waals surface area (Å²) >= 11 is 0. The second kappa shape index (κ2) is 7.84. The molecule has 0 amide bonds. The summed E-state index contributed by atoms with van der Waals surface area (Å²) in [5, 5.41) is 0. The SMILES string of the molecule is CCC(C)CCCOC(=O)CC(C)C. The Bertz CT molecular complexity index is 152. The van der Waals surface area contributed by atoms with E-state index >= 15 is 0 Å². The van der Waals surface area contributed by atoms with E-state index in [1.165, 1.54) is 6.42 Å². The first-order valence-electron chi connectivity index (χ1n) is 5.71. The van der Waals surface area contributed by atoms with Gasteiger partial charge < -0.3 is 4.74 Å². The molecular formula is C12H24O2. The van der Waals surface area contributed by atoms with Gasteiger partial charge in [-0.1, -0.05) is 34.1 Å². The van der Waals surface area contributed by atoms with Crippen molar-refractivity contribution < 1.29 is 9.53 Å². The molecule has 0 aromatic heterocycles.